The number of anilines is 1. The number of phenolic OH excluding ortho intramolecular Hbond substituents is 1. The Bertz CT molecular complexity index is 1800. The van der Waals surface area contributed by atoms with Gasteiger partial charge in [0.15, 0.2) is 11.5 Å². The second kappa shape index (κ2) is 16.6. The largest absolute Gasteiger partial charge is 0.504 e. The van der Waals surface area contributed by atoms with Crippen LogP contribution in [0.15, 0.2) is 67.0 Å². The van der Waals surface area contributed by atoms with Crippen LogP contribution >= 0.6 is 0 Å². The lowest BCUT2D eigenvalue weighted by atomic mass is 9.92. The Labute approximate surface area is 276 Å². The van der Waals surface area contributed by atoms with Crippen LogP contribution in [0.4, 0.5) is 10.2 Å². The van der Waals surface area contributed by atoms with E-state index >= 15 is 4.39 Å². The molecule has 4 aromatic rings. The molecule has 2 aromatic heterocycles. The molecule has 248 valence electrons. The van der Waals surface area contributed by atoms with Crippen LogP contribution < -0.4 is 20.4 Å². The minimum absolute atomic E-state index is 0.0366. The van der Waals surface area contributed by atoms with Crippen molar-refractivity contribution in [2.24, 2.45) is 0 Å². The number of carboxylic acid groups (broad SMARTS) is 1. The third-order valence-electron chi connectivity index (χ3n) is 7.93. The predicted molar refractivity (Wildman–Crippen MR) is 177 cm³/mol. The number of halogens is 1. The molecule has 0 saturated carbocycles. The minimum atomic E-state index is -0.581. The standard InChI is InChI=1S/C34H33FN6O4.CH2O2/c1-21-33(24-8-9-26(17-36)38-19-24)28(27-15-30(42)31(45-2)16-29(27)35)20-39-34(21)41-13-11-25(12-14-41)37-18-23-5-3-22(4-6-23)7-10-32(43)40-44;2-1-3/h3-10,15-16,19-20,25,37,42,44H,11-14,18H2,1-2H3,(H,40,43);1H,(H,2,3)/b10-7+;. The minimum Gasteiger partial charge on any atom is -0.504 e. The molecule has 1 aliphatic rings. The van der Waals surface area contributed by atoms with Gasteiger partial charge in [-0.15, -0.1) is 0 Å². The number of hydrogen-bond donors (Lipinski definition) is 5. The lowest BCUT2D eigenvalue weighted by molar-refractivity contribution is -0.124. The number of rotatable bonds is 9. The highest BCUT2D eigenvalue weighted by atomic mass is 19.1. The number of pyridine rings is 2. The molecule has 12 nitrogen and oxygen atoms in total. The first-order valence-corrected chi connectivity index (χ1v) is 14.9. The number of nitriles is 1. The Kier molecular flexibility index (Phi) is 12.1. The van der Waals surface area contributed by atoms with Gasteiger partial charge in [0.25, 0.3) is 12.4 Å². The van der Waals surface area contributed by atoms with Crippen molar-refractivity contribution in [3.63, 3.8) is 0 Å². The van der Waals surface area contributed by atoms with Gasteiger partial charge >= 0.3 is 0 Å². The van der Waals surface area contributed by atoms with Gasteiger partial charge in [-0.05, 0) is 60.7 Å². The number of phenols is 1. The molecule has 5 N–H and O–H groups in total. The lowest BCUT2D eigenvalue weighted by Crippen LogP contribution is -2.42. The fourth-order valence-electron chi connectivity index (χ4n) is 5.53. The summed E-state index contributed by atoms with van der Waals surface area (Å²) >= 11 is 0. The molecule has 0 radical (unpaired) electrons. The number of carbonyl (C=O) groups excluding carboxylic acids is 1. The molecule has 13 heteroatoms. The smallest absolute Gasteiger partial charge is 0.290 e. The van der Waals surface area contributed by atoms with Crippen molar-refractivity contribution in [1.29, 1.82) is 5.26 Å². The van der Waals surface area contributed by atoms with E-state index in [1.165, 1.54) is 19.3 Å². The summed E-state index contributed by atoms with van der Waals surface area (Å²) in [6, 6.07) is 16.1. The second-order valence-electron chi connectivity index (χ2n) is 10.8. The van der Waals surface area contributed by atoms with Gasteiger partial charge in [-0.2, -0.15) is 5.26 Å². The average Bonchev–Trinajstić information content (AvgIpc) is 3.11. The zero-order chi connectivity index (χ0) is 34.6. The summed E-state index contributed by atoms with van der Waals surface area (Å²) in [4.78, 5) is 30.8. The molecule has 48 heavy (non-hydrogen) atoms. The van der Waals surface area contributed by atoms with Crippen LogP contribution in [0.2, 0.25) is 0 Å². The topological polar surface area (TPSA) is 181 Å². The maximum absolute atomic E-state index is 15.3. The Morgan fingerprint density at radius 3 is 2.44 bits per heavy atom. The Hall–Kier alpha value is -5.84. The van der Waals surface area contributed by atoms with Crippen molar-refractivity contribution in [2.75, 3.05) is 25.1 Å². The van der Waals surface area contributed by atoms with Crippen molar-refractivity contribution >= 4 is 24.3 Å². The Morgan fingerprint density at radius 1 is 1.12 bits per heavy atom. The number of hydrogen-bond acceptors (Lipinski definition) is 10. The summed E-state index contributed by atoms with van der Waals surface area (Å²) in [6.07, 6.45) is 7.91. The third-order valence-corrected chi connectivity index (χ3v) is 7.93. The number of benzene rings is 2. The summed E-state index contributed by atoms with van der Waals surface area (Å²) in [5.41, 5.74) is 6.75. The molecule has 1 fully saturated rings. The Balaban J connectivity index is 0.00000167. The normalized spacial score (nSPS) is 12.9. The number of hydroxylamine groups is 1. The van der Waals surface area contributed by atoms with Crippen LogP contribution in [-0.4, -0.2) is 64.0 Å². The van der Waals surface area contributed by atoms with Gasteiger partial charge in [0, 0.05) is 72.5 Å². The number of ether oxygens (including phenoxy) is 1. The first-order chi connectivity index (χ1) is 23.2. The van der Waals surface area contributed by atoms with Crippen molar-refractivity contribution in [3.8, 4) is 39.8 Å². The zero-order valence-electron chi connectivity index (χ0n) is 26.4. The maximum Gasteiger partial charge on any atom is 0.290 e. The zero-order valence-corrected chi connectivity index (χ0v) is 26.4. The van der Waals surface area contributed by atoms with E-state index in [2.05, 4.69) is 15.2 Å². The van der Waals surface area contributed by atoms with Crippen molar-refractivity contribution in [2.45, 2.75) is 32.4 Å². The van der Waals surface area contributed by atoms with Gasteiger partial charge in [0.1, 0.15) is 23.4 Å². The molecule has 1 aliphatic heterocycles. The quantitative estimate of drug-likeness (QED) is 0.0722. The van der Waals surface area contributed by atoms with Gasteiger partial charge in [0.05, 0.1) is 7.11 Å². The molecule has 0 bridgehead atoms. The van der Waals surface area contributed by atoms with Crippen molar-refractivity contribution in [3.05, 3.63) is 95.2 Å². The van der Waals surface area contributed by atoms with E-state index < -0.39 is 11.7 Å². The molecule has 5 rings (SSSR count). The Morgan fingerprint density at radius 2 is 1.83 bits per heavy atom. The van der Waals surface area contributed by atoms with Gasteiger partial charge < -0.3 is 25.2 Å². The van der Waals surface area contributed by atoms with Crippen LogP contribution in [0.25, 0.3) is 28.3 Å². The lowest BCUT2D eigenvalue weighted by Gasteiger charge is -2.34. The molecule has 0 aliphatic carbocycles. The third kappa shape index (κ3) is 8.49. The summed E-state index contributed by atoms with van der Waals surface area (Å²) in [7, 11) is 1.36. The number of aromatic hydroxyl groups is 1. The molecule has 1 saturated heterocycles. The predicted octanol–water partition coefficient (Wildman–Crippen LogP) is 4.82. The second-order valence-corrected chi connectivity index (χ2v) is 10.8. The molecule has 0 spiro atoms. The van der Waals surface area contributed by atoms with Crippen molar-refractivity contribution < 1.29 is 34.1 Å². The van der Waals surface area contributed by atoms with E-state index in [1.807, 2.05) is 37.3 Å². The van der Waals surface area contributed by atoms with Crippen LogP contribution in [-0.2, 0) is 16.1 Å². The van der Waals surface area contributed by atoms with Gasteiger partial charge in [-0.3, -0.25) is 14.8 Å². The first-order valence-electron chi connectivity index (χ1n) is 14.9. The first kappa shape index (κ1) is 35.0. The summed E-state index contributed by atoms with van der Waals surface area (Å²) in [5.74, 6) is -0.507. The van der Waals surface area contributed by atoms with Crippen LogP contribution in [0.1, 0.15) is 35.2 Å². The molecule has 0 atom stereocenters. The van der Waals surface area contributed by atoms with E-state index in [1.54, 1.807) is 36.1 Å². The number of methoxy groups -OCH3 is 1. The molecule has 2 aromatic carbocycles. The summed E-state index contributed by atoms with van der Waals surface area (Å²) < 4.78 is 20.4. The van der Waals surface area contributed by atoms with E-state index in [0.29, 0.717) is 23.7 Å². The number of carbonyl (C=O) groups is 2. The van der Waals surface area contributed by atoms with Crippen LogP contribution in [0.3, 0.4) is 0 Å². The highest BCUT2D eigenvalue weighted by molar-refractivity contribution is 5.91. The van der Waals surface area contributed by atoms with Gasteiger partial charge in [0.2, 0.25) is 0 Å². The van der Waals surface area contributed by atoms with E-state index in [9.17, 15) is 15.2 Å². The molecule has 0 unspecified atom stereocenters. The summed E-state index contributed by atoms with van der Waals surface area (Å²) in [5, 5.41) is 38.8. The molecule has 1 amide bonds. The summed E-state index contributed by atoms with van der Waals surface area (Å²) in [6.45, 7) is 3.93. The maximum atomic E-state index is 15.3. The van der Waals surface area contributed by atoms with E-state index in [-0.39, 0.29) is 29.2 Å². The number of aromatic nitrogens is 2. The van der Waals surface area contributed by atoms with E-state index in [0.717, 1.165) is 60.1 Å². The van der Waals surface area contributed by atoms with Gasteiger partial charge in [-0.25, -0.2) is 19.8 Å². The van der Waals surface area contributed by atoms with Crippen molar-refractivity contribution in [1.82, 2.24) is 20.8 Å². The number of nitrogens with zero attached hydrogens (tertiary/aromatic N) is 4. The molecule has 3 heterocycles. The number of piperidine rings is 1. The molecular formula is C35H35FN6O6. The SMILES string of the molecule is COc1cc(F)c(-c2cnc(N3CCC(NCc4ccc(/C=C/C(=O)NO)cc4)CC3)c(C)c2-c2ccc(C#N)nc2)cc1O.O=CO. The van der Waals surface area contributed by atoms with E-state index in [4.69, 9.17) is 24.8 Å². The fourth-order valence-corrected chi connectivity index (χ4v) is 5.53. The van der Waals surface area contributed by atoms with Crippen LogP contribution in [0, 0.1) is 24.1 Å². The highest BCUT2D eigenvalue weighted by Gasteiger charge is 2.25. The number of amides is 1. The fraction of sp³-hybridized carbons (Fsp3) is 0.229. The average molecular weight is 655 g/mol. The molecular weight excluding hydrogens is 619 g/mol. The number of nitrogens with one attached hydrogen (secondary N) is 2. The van der Waals surface area contributed by atoms with Crippen LogP contribution in [0.5, 0.6) is 11.5 Å². The monoisotopic (exact) mass is 654 g/mol. The van der Waals surface area contributed by atoms with Gasteiger partial charge in [-0.1, -0.05) is 24.3 Å². The highest BCUT2D eigenvalue weighted by Crippen LogP contribution is 2.42.